The molecule has 0 atom stereocenters. The Morgan fingerprint density at radius 3 is 2.47 bits per heavy atom. The van der Waals surface area contributed by atoms with Gasteiger partial charge in [0.25, 0.3) is 5.56 Å². The van der Waals surface area contributed by atoms with Gasteiger partial charge in [-0.2, -0.15) is 0 Å². The second-order valence-electron chi connectivity index (χ2n) is 6.91. The number of anilines is 1. The second kappa shape index (κ2) is 8.46. The molecule has 10 heteroatoms. The number of aryl methyl sites for hydroxylation is 1. The van der Waals surface area contributed by atoms with Gasteiger partial charge in [-0.3, -0.25) is 14.2 Å². The van der Waals surface area contributed by atoms with Crippen LogP contribution in [0.2, 0.25) is 0 Å². The molecule has 0 aliphatic heterocycles. The fourth-order valence-corrected chi connectivity index (χ4v) is 4.62. The Balaban J connectivity index is 1.68. The maximum atomic E-state index is 14.3. The molecule has 0 aliphatic carbocycles. The summed E-state index contributed by atoms with van der Waals surface area (Å²) in [7, 11) is 4.43. The average molecular weight is 457 g/mol. The van der Waals surface area contributed by atoms with E-state index < -0.39 is 17.3 Å². The van der Waals surface area contributed by atoms with Crippen molar-refractivity contribution in [3.63, 3.8) is 0 Å². The number of benzene rings is 2. The van der Waals surface area contributed by atoms with Gasteiger partial charge < -0.3 is 19.5 Å². The summed E-state index contributed by atoms with van der Waals surface area (Å²) < 4.78 is 32.4. The Hall–Kier alpha value is -3.66. The third-order valence-corrected chi connectivity index (χ3v) is 6.13. The van der Waals surface area contributed by atoms with Gasteiger partial charge in [-0.1, -0.05) is 6.07 Å². The lowest BCUT2D eigenvalue weighted by molar-refractivity contribution is -0.116. The maximum absolute atomic E-state index is 14.3. The number of carbonyl (C=O) groups excluding carboxylic acids is 1. The summed E-state index contributed by atoms with van der Waals surface area (Å²) in [5.74, 6) is 0.588. The summed E-state index contributed by atoms with van der Waals surface area (Å²) in [6, 6.07) is 7.84. The van der Waals surface area contributed by atoms with E-state index in [9.17, 15) is 14.0 Å². The van der Waals surface area contributed by atoms with Gasteiger partial charge in [-0.15, -0.1) is 11.3 Å². The predicted molar refractivity (Wildman–Crippen MR) is 121 cm³/mol. The molecule has 0 unspecified atom stereocenters. The van der Waals surface area contributed by atoms with Crippen molar-refractivity contribution >= 4 is 43.2 Å². The van der Waals surface area contributed by atoms with Crippen LogP contribution in [-0.2, 0) is 11.3 Å². The van der Waals surface area contributed by atoms with Gasteiger partial charge in [-0.25, -0.2) is 9.37 Å². The lowest BCUT2D eigenvalue weighted by atomic mass is 10.2. The number of amides is 1. The van der Waals surface area contributed by atoms with Gasteiger partial charge in [0.15, 0.2) is 11.5 Å². The minimum Gasteiger partial charge on any atom is -0.493 e. The van der Waals surface area contributed by atoms with Gasteiger partial charge in [-0.05, 0) is 19.1 Å². The van der Waals surface area contributed by atoms with Gasteiger partial charge in [0.05, 0.1) is 32.2 Å². The highest BCUT2D eigenvalue weighted by Gasteiger charge is 2.19. The molecule has 4 rings (SSSR count). The van der Waals surface area contributed by atoms with Crippen molar-refractivity contribution in [2.24, 2.45) is 0 Å². The molecule has 1 amide bonds. The molecule has 0 saturated heterocycles. The van der Waals surface area contributed by atoms with E-state index in [1.807, 2.05) is 0 Å². The summed E-state index contributed by atoms with van der Waals surface area (Å²) in [6.45, 7) is 1.35. The molecule has 0 radical (unpaired) electrons. The van der Waals surface area contributed by atoms with Crippen LogP contribution < -0.4 is 25.1 Å². The SMILES string of the molecule is COc1cc(NC(=O)Cn2c(C)nc3c(sc4cccc(F)c43)c2=O)cc(OC)c1OC. The van der Waals surface area contributed by atoms with E-state index in [1.165, 1.54) is 32.0 Å². The number of methoxy groups -OCH3 is 3. The monoisotopic (exact) mass is 457 g/mol. The highest BCUT2D eigenvalue weighted by molar-refractivity contribution is 7.25. The van der Waals surface area contributed by atoms with Crippen LogP contribution in [0.4, 0.5) is 10.1 Å². The Kier molecular flexibility index (Phi) is 5.70. The van der Waals surface area contributed by atoms with Crippen molar-refractivity contribution in [1.82, 2.24) is 9.55 Å². The summed E-state index contributed by atoms with van der Waals surface area (Å²) in [4.78, 5) is 30.2. The van der Waals surface area contributed by atoms with Crippen LogP contribution in [0.25, 0.3) is 20.3 Å². The summed E-state index contributed by atoms with van der Waals surface area (Å²) >= 11 is 1.16. The number of hydrogen-bond acceptors (Lipinski definition) is 7. The van der Waals surface area contributed by atoms with Gasteiger partial charge in [0.1, 0.15) is 22.9 Å². The first-order chi connectivity index (χ1) is 15.4. The van der Waals surface area contributed by atoms with Gasteiger partial charge >= 0.3 is 0 Å². The average Bonchev–Trinajstić information content (AvgIpc) is 3.15. The maximum Gasteiger partial charge on any atom is 0.272 e. The molecule has 4 aromatic rings. The molecule has 2 heterocycles. The first kappa shape index (κ1) is 21.6. The minimum atomic E-state index is -0.446. The smallest absolute Gasteiger partial charge is 0.272 e. The minimum absolute atomic E-state index is 0.263. The van der Waals surface area contributed by atoms with E-state index >= 15 is 0 Å². The highest BCUT2D eigenvalue weighted by Crippen LogP contribution is 2.40. The van der Waals surface area contributed by atoms with E-state index in [0.717, 1.165) is 11.3 Å². The van der Waals surface area contributed by atoms with Crippen molar-refractivity contribution < 1.29 is 23.4 Å². The number of hydrogen-bond donors (Lipinski definition) is 1. The molecule has 0 bridgehead atoms. The van der Waals surface area contributed by atoms with Crippen LogP contribution in [0.5, 0.6) is 17.2 Å². The zero-order valence-electron chi connectivity index (χ0n) is 17.8. The number of carbonyl (C=O) groups is 1. The van der Waals surface area contributed by atoms with Crippen LogP contribution in [0.1, 0.15) is 5.82 Å². The number of halogens is 1. The molecule has 0 fully saturated rings. The van der Waals surface area contributed by atoms with E-state index in [-0.39, 0.29) is 6.54 Å². The van der Waals surface area contributed by atoms with Gasteiger partial charge in [0.2, 0.25) is 11.7 Å². The van der Waals surface area contributed by atoms with E-state index in [1.54, 1.807) is 31.2 Å². The summed E-state index contributed by atoms with van der Waals surface area (Å²) in [6.07, 6.45) is 0. The molecule has 0 aliphatic rings. The Labute approximate surface area is 186 Å². The Morgan fingerprint density at radius 1 is 1.16 bits per heavy atom. The number of rotatable bonds is 6. The number of fused-ring (bicyclic) bond motifs is 3. The predicted octanol–water partition coefficient (Wildman–Crippen LogP) is 3.72. The normalized spacial score (nSPS) is 11.0. The van der Waals surface area contributed by atoms with Crippen LogP contribution in [0, 0.1) is 12.7 Å². The molecule has 8 nitrogen and oxygen atoms in total. The number of ether oxygens (including phenoxy) is 3. The first-order valence-corrected chi connectivity index (χ1v) is 10.4. The molecule has 0 spiro atoms. The zero-order chi connectivity index (χ0) is 23.0. The van der Waals surface area contributed by atoms with Crippen molar-refractivity contribution in [1.29, 1.82) is 0 Å². The molecular formula is C22H20FN3O5S. The zero-order valence-corrected chi connectivity index (χ0v) is 18.6. The van der Waals surface area contributed by atoms with Crippen LogP contribution >= 0.6 is 11.3 Å². The van der Waals surface area contributed by atoms with Gasteiger partial charge in [0, 0.05) is 22.5 Å². The molecule has 32 heavy (non-hydrogen) atoms. The molecule has 2 aromatic heterocycles. The van der Waals surface area contributed by atoms with Crippen molar-refractivity contribution in [2.45, 2.75) is 13.5 Å². The number of thiophene rings is 1. The lowest BCUT2D eigenvalue weighted by Gasteiger charge is -2.15. The topological polar surface area (TPSA) is 91.7 Å². The van der Waals surface area contributed by atoms with E-state index in [0.29, 0.717) is 49.1 Å². The van der Waals surface area contributed by atoms with Crippen LogP contribution in [-0.4, -0.2) is 36.8 Å². The standard InChI is InChI=1S/C22H20FN3O5S/c1-11-24-19-18-13(23)6-5-7-16(18)32-21(19)22(28)26(11)10-17(27)25-12-8-14(29-2)20(31-4)15(9-12)30-3/h5-9H,10H2,1-4H3,(H,25,27). The Morgan fingerprint density at radius 2 is 1.84 bits per heavy atom. The summed E-state index contributed by atoms with van der Waals surface area (Å²) in [5.41, 5.74) is 0.327. The molecule has 1 N–H and O–H groups in total. The van der Waals surface area contributed by atoms with Crippen LogP contribution in [0.15, 0.2) is 35.1 Å². The largest absolute Gasteiger partial charge is 0.493 e. The van der Waals surface area contributed by atoms with E-state index in [2.05, 4.69) is 10.3 Å². The fraction of sp³-hybridized carbons (Fsp3) is 0.227. The van der Waals surface area contributed by atoms with Crippen molar-refractivity contribution in [2.75, 3.05) is 26.6 Å². The van der Waals surface area contributed by atoms with Crippen molar-refractivity contribution in [3.8, 4) is 17.2 Å². The first-order valence-electron chi connectivity index (χ1n) is 9.56. The number of aromatic nitrogens is 2. The molecule has 0 saturated carbocycles. The Bertz CT molecular complexity index is 1390. The third-order valence-electron chi connectivity index (χ3n) is 4.99. The van der Waals surface area contributed by atoms with Crippen LogP contribution in [0.3, 0.4) is 0 Å². The third kappa shape index (κ3) is 3.62. The molecular weight excluding hydrogens is 437 g/mol. The lowest BCUT2D eigenvalue weighted by Crippen LogP contribution is -2.29. The van der Waals surface area contributed by atoms with Crippen molar-refractivity contribution in [3.05, 3.63) is 52.3 Å². The highest BCUT2D eigenvalue weighted by atomic mass is 32.1. The molecule has 2 aromatic carbocycles. The molecule has 166 valence electrons. The summed E-state index contributed by atoms with van der Waals surface area (Å²) in [5, 5.41) is 3.05. The number of nitrogens with zero attached hydrogens (tertiary/aromatic N) is 2. The quantitative estimate of drug-likeness (QED) is 0.475. The number of nitrogens with one attached hydrogen (secondary N) is 1. The van der Waals surface area contributed by atoms with E-state index in [4.69, 9.17) is 14.2 Å². The second-order valence-corrected chi connectivity index (χ2v) is 7.96. The fourth-order valence-electron chi connectivity index (χ4n) is 3.52.